The van der Waals surface area contributed by atoms with Crippen LogP contribution in [-0.2, 0) is 0 Å². The van der Waals surface area contributed by atoms with Gasteiger partial charge in [0, 0.05) is 23.2 Å². The Balaban J connectivity index is 1.45. The van der Waals surface area contributed by atoms with Gasteiger partial charge in [0.05, 0.1) is 37.1 Å². The summed E-state index contributed by atoms with van der Waals surface area (Å²) in [6.07, 6.45) is 0. The predicted octanol–water partition coefficient (Wildman–Crippen LogP) is 5.30. The first-order chi connectivity index (χ1) is 16.9. The van der Waals surface area contributed by atoms with Crippen LogP contribution in [0.2, 0.25) is 0 Å². The zero-order valence-corrected chi connectivity index (χ0v) is 20.6. The van der Waals surface area contributed by atoms with Crippen molar-refractivity contribution < 1.29 is 28.9 Å². The van der Waals surface area contributed by atoms with Crippen molar-refractivity contribution in [2.24, 2.45) is 0 Å². The van der Waals surface area contributed by atoms with Gasteiger partial charge in [0.15, 0.2) is 11.5 Å². The molecular formula is C24H21N3O6S2. The molecule has 11 heteroatoms. The van der Waals surface area contributed by atoms with Crippen molar-refractivity contribution in [1.82, 2.24) is 9.71 Å². The highest BCUT2D eigenvalue weighted by Crippen LogP contribution is 2.39. The van der Waals surface area contributed by atoms with Gasteiger partial charge in [0.25, 0.3) is 0 Å². The number of rotatable bonds is 6. The quantitative estimate of drug-likeness (QED) is 0.236. The molecule has 3 N–H and O–H groups in total. The van der Waals surface area contributed by atoms with E-state index >= 15 is 0 Å². The van der Waals surface area contributed by atoms with Crippen molar-refractivity contribution in [2.45, 2.75) is 0 Å². The van der Waals surface area contributed by atoms with E-state index in [-0.39, 0.29) is 11.3 Å². The lowest BCUT2D eigenvalue weighted by molar-refractivity contribution is 0.108. The minimum atomic E-state index is -0.614. The predicted molar refractivity (Wildman–Crippen MR) is 137 cm³/mol. The van der Waals surface area contributed by atoms with E-state index in [0.717, 1.165) is 10.2 Å². The fourth-order valence-electron chi connectivity index (χ4n) is 3.28. The standard InChI is InChI=1S/C24H21N3O6S2/c1-31-18-10-13(11-19(32-2)21(18)33-3)23(29)35-27-24(30)25-14-8-9-17(28)15(12-14)22-26-16-6-4-5-7-20(16)34-22/h4-12,28H,1-3H3,(H2,25,27,30). The van der Waals surface area contributed by atoms with E-state index in [2.05, 4.69) is 15.0 Å². The van der Waals surface area contributed by atoms with Gasteiger partial charge < -0.3 is 24.6 Å². The van der Waals surface area contributed by atoms with Gasteiger partial charge in [-0.2, -0.15) is 0 Å². The van der Waals surface area contributed by atoms with Crippen LogP contribution in [0.25, 0.3) is 20.8 Å². The molecule has 3 aromatic carbocycles. The minimum Gasteiger partial charge on any atom is -0.507 e. The molecule has 0 bridgehead atoms. The minimum absolute atomic E-state index is 0.0435. The van der Waals surface area contributed by atoms with Crippen LogP contribution < -0.4 is 24.2 Å². The molecule has 1 heterocycles. The molecule has 4 rings (SSSR count). The third-order valence-electron chi connectivity index (χ3n) is 4.92. The maximum absolute atomic E-state index is 12.6. The second-order valence-corrected chi connectivity index (χ2v) is 8.89. The number of phenols is 1. The van der Waals surface area contributed by atoms with Crippen molar-refractivity contribution in [2.75, 3.05) is 26.6 Å². The third kappa shape index (κ3) is 5.26. The van der Waals surface area contributed by atoms with Gasteiger partial charge in [0.2, 0.25) is 10.9 Å². The summed E-state index contributed by atoms with van der Waals surface area (Å²) in [5.74, 6) is 1.05. The van der Waals surface area contributed by atoms with Crippen LogP contribution in [0.4, 0.5) is 10.5 Å². The lowest BCUT2D eigenvalue weighted by Crippen LogP contribution is -2.24. The van der Waals surface area contributed by atoms with Crippen LogP contribution >= 0.6 is 23.3 Å². The molecule has 9 nitrogen and oxygen atoms in total. The van der Waals surface area contributed by atoms with Gasteiger partial charge in [-0.1, -0.05) is 12.1 Å². The number of nitrogens with one attached hydrogen (secondary N) is 2. The lowest BCUT2D eigenvalue weighted by atomic mass is 10.2. The van der Waals surface area contributed by atoms with Gasteiger partial charge in [-0.15, -0.1) is 11.3 Å². The second-order valence-electron chi connectivity index (χ2n) is 7.08. The number of para-hydroxylation sites is 1. The van der Waals surface area contributed by atoms with Gasteiger partial charge >= 0.3 is 6.03 Å². The van der Waals surface area contributed by atoms with Crippen LogP contribution in [0, 0.1) is 0 Å². The lowest BCUT2D eigenvalue weighted by Gasteiger charge is -2.13. The largest absolute Gasteiger partial charge is 0.507 e. The normalized spacial score (nSPS) is 10.6. The number of hydrogen-bond donors (Lipinski definition) is 3. The average Bonchev–Trinajstić information content (AvgIpc) is 3.31. The molecule has 180 valence electrons. The molecule has 0 saturated carbocycles. The van der Waals surface area contributed by atoms with E-state index in [4.69, 9.17) is 14.2 Å². The van der Waals surface area contributed by atoms with Gasteiger partial charge in [0.1, 0.15) is 10.8 Å². The molecule has 0 aliphatic carbocycles. The molecule has 1 aromatic heterocycles. The fourth-order valence-corrected chi connectivity index (χ4v) is 4.74. The second kappa shape index (κ2) is 10.5. The first-order valence-electron chi connectivity index (χ1n) is 10.2. The molecule has 4 aromatic rings. The molecule has 0 aliphatic rings. The highest BCUT2D eigenvalue weighted by Gasteiger charge is 2.18. The van der Waals surface area contributed by atoms with Crippen LogP contribution in [0.15, 0.2) is 54.6 Å². The fraction of sp³-hybridized carbons (Fsp3) is 0.125. The number of carbonyl (C=O) groups excluding carboxylic acids is 2. The van der Waals surface area contributed by atoms with E-state index in [9.17, 15) is 14.7 Å². The Morgan fingerprint density at radius 1 is 0.971 bits per heavy atom. The number of thiazole rings is 1. The number of nitrogens with zero attached hydrogens (tertiary/aromatic N) is 1. The summed E-state index contributed by atoms with van der Waals surface area (Å²) in [4.78, 5) is 29.6. The number of aromatic nitrogens is 1. The van der Waals surface area contributed by atoms with Crippen molar-refractivity contribution in [3.8, 4) is 33.6 Å². The van der Waals surface area contributed by atoms with Crippen LogP contribution in [0.5, 0.6) is 23.0 Å². The molecule has 0 spiro atoms. The van der Waals surface area contributed by atoms with Crippen LogP contribution in [0.1, 0.15) is 10.4 Å². The SMILES string of the molecule is COc1cc(C(=O)SNC(=O)Nc2ccc(O)c(-c3nc4ccccc4s3)c2)cc(OC)c1OC. The number of anilines is 1. The number of fused-ring (bicyclic) bond motifs is 1. The van der Waals surface area contributed by atoms with E-state index in [1.54, 1.807) is 12.1 Å². The first kappa shape index (κ1) is 24.2. The number of benzene rings is 3. The Labute approximate surface area is 209 Å². The number of aromatic hydroxyl groups is 1. The molecule has 2 amide bonds. The summed E-state index contributed by atoms with van der Waals surface area (Å²) in [5, 5.41) is 13.2. The number of carbonyl (C=O) groups is 2. The molecule has 0 atom stereocenters. The summed E-state index contributed by atoms with van der Waals surface area (Å²) in [5.41, 5.74) is 2.00. The smallest absolute Gasteiger partial charge is 0.329 e. The van der Waals surface area contributed by atoms with Crippen LogP contribution in [0.3, 0.4) is 0 Å². The van der Waals surface area contributed by atoms with Gasteiger partial charge in [-0.25, -0.2) is 9.78 Å². The molecule has 0 aliphatic heterocycles. The summed E-state index contributed by atoms with van der Waals surface area (Å²) >= 11 is 2.04. The Hall–Kier alpha value is -3.96. The first-order valence-corrected chi connectivity index (χ1v) is 11.8. The van der Waals surface area contributed by atoms with Crippen molar-refractivity contribution in [1.29, 1.82) is 0 Å². The number of phenolic OH excluding ortho intramolecular Hbond substituents is 1. The highest BCUT2D eigenvalue weighted by molar-refractivity contribution is 8.12. The van der Waals surface area contributed by atoms with E-state index in [1.165, 1.54) is 50.9 Å². The monoisotopic (exact) mass is 511 g/mol. The van der Waals surface area contributed by atoms with E-state index in [0.29, 0.717) is 45.5 Å². The van der Waals surface area contributed by atoms with Crippen molar-refractivity contribution in [3.63, 3.8) is 0 Å². The average molecular weight is 512 g/mol. The Morgan fingerprint density at radius 3 is 2.34 bits per heavy atom. The molecule has 0 radical (unpaired) electrons. The number of hydrogen-bond acceptors (Lipinski definition) is 9. The van der Waals surface area contributed by atoms with E-state index in [1.807, 2.05) is 24.3 Å². The molecular weight excluding hydrogens is 490 g/mol. The molecule has 0 fully saturated rings. The summed E-state index contributed by atoms with van der Waals surface area (Å²) in [7, 11) is 4.36. The zero-order chi connectivity index (χ0) is 24.9. The summed E-state index contributed by atoms with van der Waals surface area (Å²) < 4.78 is 19.2. The maximum atomic E-state index is 12.6. The Bertz CT molecular complexity index is 1350. The number of methoxy groups -OCH3 is 3. The van der Waals surface area contributed by atoms with Crippen molar-refractivity contribution in [3.05, 3.63) is 60.2 Å². The number of urea groups is 1. The van der Waals surface area contributed by atoms with Crippen LogP contribution in [-0.4, -0.2) is 42.6 Å². The highest BCUT2D eigenvalue weighted by atomic mass is 32.2. The maximum Gasteiger partial charge on any atom is 0.329 e. The molecule has 0 saturated heterocycles. The number of ether oxygens (including phenoxy) is 3. The molecule has 35 heavy (non-hydrogen) atoms. The molecule has 0 unspecified atom stereocenters. The topological polar surface area (TPSA) is 119 Å². The number of amides is 2. The van der Waals surface area contributed by atoms with Crippen molar-refractivity contribution >= 4 is 50.3 Å². The summed E-state index contributed by atoms with van der Waals surface area (Å²) in [6, 6.07) is 14.7. The Kier molecular flexibility index (Phi) is 7.28. The zero-order valence-electron chi connectivity index (χ0n) is 18.9. The third-order valence-corrected chi connectivity index (χ3v) is 6.69. The van der Waals surface area contributed by atoms with Gasteiger partial charge in [-0.3, -0.25) is 9.52 Å². The van der Waals surface area contributed by atoms with E-state index < -0.39 is 11.1 Å². The Morgan fingerprint density at radius 2 is 1.69 bits per heavy atom. The summed E-state index contributed by atoms with van der Waals surface area (Å²) in [6.45, 7) is 0. The van der Waals surface area contributed by atoms with Gasteiger partial charge in [-0.05, 0) is 42.5 Å².